The van der Waals surface area contributed by atoms with Crippen LogP contribution in [0.4, 0.5) is 0 Å². The van der Waals surface area contributed by atoms with Crippen molar-refractivity contribution in [3.05, 3.63) is 146 Å². The molecule has 0 unspecified atom stereocenters. The summed E-state index contributed by atoms with van der Waals surface area (Å²) in [6.45, 7) is 0. The molecule has 0 bridgehead atoms. The first-order valence-electron chi connectivity index (χ1n) is 15.5. The van der Waals surface area contributed by atoms with Crippen molar-refractivity contribution in [2.24, 2.45) is 0 Å². The van der Waals surface area contributed by atoms with Gasteiger partial charge in [-0.2, -0.15) is 0 Å². The number of nitrogens with zero attached hydrogens (tertiary/aromatic N) is 6. The molecule has 9 nitrogen and oxygen atoms in total. The number of benzene rings is 6. The molecule has 0 aliphatic heterocycles. The van der Waals surface area contributed by atoms with Crippen LogP contribution in [-0.4, -0.2) is 28.2 Å². The van der Waals surface area contributed by atoms with Gasteiger partial charge in [-0.1, -0.05) is 54.6 Å². The Morgan fingerprint density at radius 1 is 0.312 bits per heavy atom. The summed E-state index contributed by atoms with van der Waals surface area (Å²) in [7, 11) is 0. The Morgan fingerprint density at radius 2 is 0.604 bits per heavy atom. The lowest BCUT2D eigenvalue weighted by Crippen LogP contribution is -2.04. The van der Waals surface area contributed by atoms with E-state index in [1.165, 1.54) is 0 Å². The molecular formula is C39H24N6O3. The van der Waals surface area contributed by atoms with E-state index >= 15 is 0 Å². The third kappa shape index (κ3) is 4.22. The predicted octanol–water partition coefficient (Wildman–Crippen LogP) is 9.47. The van der Waals surface area contributed by atoms with Gasteiger partial charge in [0.1, 0.15) is 34.5 Å². The highest BCUT2D eigenvalue weighted by atomic mass is 16.5. The van der Waals surface area contributed by atoms with Crippen molar-refractivity contribution in [3.63, 3.8) is 0 Å². The Balaban J connectivity index is 1.26. The number of rotatable bonds is 6. The molecule has 0 N–H and O–H groups in total. The minimum absolute atomic E-state index is 0.666. The number of ether oxygens (including phenoxy) is 3. The van der Waals surface area contributed by atoms with Gasteiger partial charge in [-0.3, -0.25) is 0 Å². The molecule has 0 atom stereocenters. The van der Waals surface area contributed by atoms with Crippen LogP contribution >= 0.6 is 0 Å². The second-order valence-corrected chi connectivity index (χ2v) is 11.4. The van der Waals surface area contributed by atoms with Gasteiger partial charge in [0, 0.05) is 18.2 Å². The van der Waals surface area contributed by atoms with Crippen LogP contribution in [0, 0.1) is 0 Å². The largest absolute Gasteiger partial charge is 0.457 e. The lowest BCUT2D eigenvalue weighted by molar-refractivity contribution is 0.483. The number of aromatic nitrogens is 6. The fraction of sp³-hybridized carbons (Fsp3) is 0. The second kappa shape index (κ2) is 10.3. The highest BCUT2D eigenvalue weighted by molar-refractivity contribution is 5.92. The first kappa shape index (κ1) is 26.4. The highest BCUT2D eigenvalue weighted by Crippen LogP contribution is 2.34. The molecule has 0 saturated carbocycles. The average molecular weight is 625 g/mol. The third-order valence-electron chi connectivity index (χ3n) is 8.36. The van der Waals surface area contributed by atoms with Crippen molar-refractivity contribution in [1.82, 2.24) is 28.2 Å². The lowest BCUT2D eigenvalue weighted by atomic mass is 10.3. The molecule has 10 aromatic rings. The average Bonchev–Trinajstić information content (AvgIpc) is 3.80. The van der Waals surface area contributed by atoms with Gasteiger partial charge >= 0.3 is 0 Å². The topological polar surface area (TPSA) is 79.6 Å². The Bertz CT molecular complexity index is 2470. The van der Waals surface area contributed by atoms with Crippen molar-refractivity contribution < 1.29 is 14.2 Å². The molecule has 0 saturated heterocycles. The molecule has 4 heterocycles. The SMILES string of the molecule is c1ccc(Oc2ccc3nc4n(c3c2)c2nc3ccc(Oc5ccccc5)cc3n2c2nc3ccc(Oc5ccccc5)cc3n42)cc1. The highest BCUT2D eigenvalue weighted by Gasteiger charge is 2.22. The van der Waals surface area contributed by atoms with Crippen LogP contribution in [0.1, 0.15) is 0 Å². The smallest absolute Gasteiger partial charge is 0.225 e. The Kier molecular flexibility index (Phi) is 5.67. The molecule has 48 heavy (non-hydrogen) atoms. The van der Waals surface area contributed by atoms with Crippen molar-refractivity contribution in [1.29, 1.82) is 0 Å². The van der Waals surface area contributed by atoms with E-state index < -0.39 is 0 Å². The molecule has 0 aliphatic carbocycles. The number of hydrogen-bond acceptors (Lipinski definition) is 6. The summed E-state index contributed by atoms with van der Waals surface area (Å²) in [5.41, 5.74) is 4.93. The Hall–Kier alpha value is -6.87. The van der Waals surface area contributed by atoms with E-state index in [4.69, 9.17) is 29.2 Å². The number of para-hydroxylation sites is 3. The first-order chi connectivity index (χ1) is 23.7. The van der Waals surface area contributed by atoms with Gasteiger partial charge in [0.15, 0.2) is 0 Å². The molecule has 0 amide bonds. The van der Waals surface area contributed by atoms with Crippen molar-refractivity contribution in [2.45, 2.75) is 0 Å². The summed E-state index contributed by atoms with van der Waals surface area (Å²) in [5.74, 6) is 6.33. The molecule has 4 aromatic heterocycles. The van der Waals surface area contributed by atoms with Crippen LogP contribution < -0.4 is 14.2 Å². The van der Waals surface area contributed by atoms with Crippen LogP contribution in [0.15, 0.2) is 146 Å². The zero-order valence-electron chi connectivity index (χ0n) is 25.3. The predicted molar refractivity (Wildman–Crippen MR) is 185 cm³/mol. The molecule has 228 valence electrons. The zero-order valence-corrected chi connectivity index (χ0v) is 25.3. The summed E-state index contributed by atoms with van der Waals surface area (Å²) >= 11 is 0. The van der Waals surface area contributed by atoms with Gasteiger partial charge in [0.25, 0.3) is 0 Å². The molecule has 0 radical (unpaired) electrons. The standard InChI is InChI=1S/C39H24N6O3/c1-4-10-25(11-5-1)46-28-16-19-31-34(22-28)43-37(40-31)44-36-24-30(48-27-14-8-3-9-15-27)18-21-33(36)42-39(44)45-35-23-29(17-20-32(35)41-38(43)45)47-26-12-6-2-7-13-26/h1-24H. The van der Waals surface area contributed by atoms with Gasteiger partial charge < -0.3 is 14.2 Å². The van der Waals surface area contributed by atoms with Crippen molar-refractivity contribution in [3.8, 4) is 34.5 Å². The molecular weight excluding hydrogens is 600 g/mol. The monoisotopic (exact) mass is 624 g/mol. The molecule has 6 aromatic carbocycles. The molecule has 0 aliphatic rings. The van der Waals surface area contributed by atoms with E-state index in [9.17, 15) is 0 Å². The normalized spacial score (nSPS) is 11.8. The van der Waals surface area contributed by atoms with Gasteiger partial charge in [0.05, 0.1) is 33.1 Å². The summed E-state index contributed by atoms with van der Waals surface area (Å²) in [4.78, 5) is 15.4. The number of fused-ring (bicyclic) bond motifs is 12. The molecule has 9 heteroatoms. The summed E-state index contributed by atoms with van der Waals surface area (Å²) < 4.78 is 24.9. The zero-order chi connectivity index (χ0) is 31.6. The molecule has 10 rings (SSSR count). The van der Waals surface area contributed by atoms with Crippen molar-refractivity contribution in [2.75, 3.05) is 0 Å². The van der Waals surface area contributed by atoms with Crippen LogP contribution in [0.3, 0.4) is 0 Å². The van der Waals surface area contributed by atoms with Crippen LogP contribution in [-0.2, 0) is 0 Å². The van der Waals surface area contributed by atoms with Gasteiger partial charge in [-0.15, -0.1) is 0 Å². The minimum Gasteiger partial charge on any atom is -0.457 e. The first-order valence-corrected chi connectivity index (χ1v) is 15.5. The fourth-order valence-corrected chi connectivity index (χ4v) is 6.23. The van der Waals surface area contributed by atoms with E-state index in [1.54, 1.807) is 0 Å². The number of imidazole rings is 3. The van der Waals surface area contributed by atoms with E-state index in [1.807, 2.05) is 146 Å². The molecule has 0 fully saturated rings. The Morgan fingerprint density at radius 3 is 0.896 bits per heavy atom. The second-order valence-electron chi connectivity index (χ2n) is 11.4. The summed E-state index contributed by atoms with van der Waals surface area (Å²) in [5, 5.41) is 0. The summed E-state index contributed by atoms with van der Waals surface area (Å²) in [6, 6.07) is 46.9. The minimum atomic E-state index is 0.666. The van der Waals surface area contributed by atoms with Gasteiger partial charge in [0.2, 0.25) is 17.3 Å². The van der Waals surface area contributed by atoms with Gasteiger partial charge in [-0.05, 0) is 72.8 Å². The quantitative estimate of drug-likeness (QED) is 0.183. The van der Waals surface area contributed by atoms with Crippen molar-refractivity contribution >= 4 is 50.4 Å². The molecule has 0 spiro atoms. The van der Waals surface area contributed by atoms with E-state index in [-0.39, 0.29) is 0 Å². The fourth-order valence-electron chi connectivity index (χ4n) is 6.23. The summed E-state index contributed by atoms with van der Waals surface area (Å²) in [6.07, 6.45) is 0. The third-order valence-corrected chi connectivity index (χ3v) is 8.36. The van der Waals surface area contributed by atoms with Crippen LogP contribution in [0.2, 0.25) is 0 Å². The van der Waals surface area contributed by atoms with E-state index in [0.29, 0.717) is 34.6 Å². The number of hydrogen-bond donors (Lipinski definition) is 0. The maximum absolute atomic E-state index is 6.24. The Labute approximate surface area is 272 Å². The lowest BCUT2D eigenvalue weighted by Gasteiger charge is -2.08. The van der Waals surface area contributed by atoms with Crippen LogP contribution in [0.5, 0.6) is 34.5 Å². The van der Waals surface area contributed by atoms with E-state index in [2.05, 4.69) is 13.2 Å². The van der Waals surface area contributed by atoms with Crippen LogP contribution in [0.25, 0.3) is 50.4 Å². The maximum Gasteiger partial charge on any atom is 0.225 e. The van der Waals surface area contributed by atoms with E-state index in [0.717, 1.165) is 50.3 Å². The maximum atomic E-state index is 6.24. The van der Waals surface area contributed by atoms with Gasteiger partial charge in [-0.25, -0.2) is 28.2 Å².